The van der Waals surface area contributed by atoms with Gasteiger partial charge in [-0.3, -0.25) is 10.2 Å². The molecule has 1 saturated heterocycles. The molecule has 1 aromatic rings. The zero-order chi connectivity index (χ0) is 11.9. The quantitative estimate of drug-likeness (QED) is 0.744. The van der Waals surface area contributed by atoms with E-state index in [0.717, 1.165) is 37.7 Å². The van der Waals surface area contributed by atoms with Gasteiger partial charge in [0.05, 0.1) is 5.00 Å². The summed E-state index contributed by atoms with van der Waals surface area (Å²) in [5.74, 6) is 0. The second-order valence-electron chi connectivity index (χ2n) is 3.95. The molecule has 94 valence electrons. The highest BCUT2D eigenvalue weighted by atomic mass is 32.1. The lowest BCUT2D eigenvalue weighted by Gasteiger charge is -2.27. The van der Waals surface area contributed by atoms with Crippen molar-refractivity contribution in [1.82, 2.24) is 15.5 Å². The Kier molecular flexibility index (Phi) is 4.78. The van der Waals surface area contributed by atoms with Crippen molar-refractivity contribution < 1.29 is 4.79 Å². The standard InChI is InChI=1S/C11H18N4OS/c16-11(14-10-2-1-9-17-10)13-5-8-15-6-3-12-4-7-15/h1-2,9,12H,3-8H2,(H2,13,14,16). The van der Waals surface area contributed by atoms with Crippen molar-refractivity contribution in [3.8, 4) is 0 Å². The van der Waals surface area contributed by atoms with Crippen LogP contribution in [-0.4, -0.2) is 50.2 Å². The van der Waals surface area contributed by atoms with Gasteiger partial charge in [-0.05, 0) is 17.5 Å². The number of urea groups is 1. The van der Waals surface area contributed by atoms with Crippen LogP contribution in [0, 0.1) is 0 Å². The Morgan fingerprint density at radius 3 is 3.00 bits per heavy atom. The largest absolute Gasteiger partial charge is 0.337 e. The van der Waals surface area contributed by atoms with Gasteiger partial charge in [-0.25, -0.2) is 4.79 Å². The average molecular weight is 254 g/mol. The second-order valence-corrected chi connectivity index (χ2v) is 4.90. The minimum Gasteiger partial charge on any atom is -0.337 e. The van der Waals surface area contributed by atoms with Gasteiger partial charge in [-0.15, -0.1) is 11.3 Å². The Labute approximate surface area is 105 Å². The van der Waals surface area contributed by atoms with Crippen molar-refractivity contribution in [2.45, 2.75) is 0 Å². The molecule has 2 heterocycles. The number of hydrogen-bond donors (Lipinski definition) is 3. The number of carbonyl (C=O) groups excluding carboxylic acids is 1. The molecular weight excluding hydrogens is 236 g/mol. The number of nitrogens with zero attached hydrogens (tertiary/aromatic N) is 1. The predicted octanol–water partition coefficient (Wildman–Crippen LogP) is 0.775. The number of anilines is 1. The van der Waals surface area contributed by atoms with Crippen LogP contribution in [0.15, 0.2) is 17.5 Å². The third-order valence-electron chi connectivity index (χ3n) is 2.68. The summed E-state index contributed by atoms with van der Waals surface area (Å²) < 4.78 is 0. The van der Waals surface area contributed by atoms with Crippen molar-refractivity contribution >= 4 is 22.4 Å². The third-order valence-corrected chi connectivity index (χ3v) is 3.47. The summed E-state index contributed by atoms with van der Waals surface area (Å²) in [6.07, 6.45) is 0. The number of thiophene rings is 1. The number of amides is 2. The van der Waals surface area contributed by atoms with Gasteiger partial charge in [-0.2, -0.15) is 0 Å². The first kappa shape index (κ1) is 12.3. The lowest BCUT2D eigenvalue weighted by Crippen LogP contribution is -2.46. The zero-order valence-corrected chi connectivity index (χ0v) is 10.6. The summed E-state index contributed by atoms with van der Waals surface area (Å²) in [7, 11) is 0. The molecule has 0 radical (unpaired) electrons. The van der Waals surface area contributed by atoms with Gasteiger partial charge in [0, 0.05) is 39.3 Å². The van der Waals surface area contributed by atoms with Crippen molar-refractivity contribution in [2.24, 2.45) is 0 Å². The van der Waals surface area contributed by atoms with E-state index in [1.807, 2.05) is 17.5 Å². The van der Waals surface area contributed by atoms with E-state index in [2.05, 4.69) is 20.9 Å². The summed E-state index contributed by atoms with van der Waals surface area (Å²) in [4.78, 5) is 13.9. The van der Waals surface area contributed by atoms with Crippen molar-refractivity contribution in [2.75, 3.05) is 44.6 Å². The molecule has 0 unspecified atom stereocenters. The molecule has 0 bridgehead atoms. The summed E-state index contributed by atoms with van der Waals surface area (Å²) in [6, 6.07) is 3.68. The normalized spacial score (nSPS) is 16.7. The van der Waals surface area contributed by atoms with E-state index in [0.29, 0.717) is 6.54 Å². The smallest absolute Gasteiger partial charge is 0.319 e. The van der Waals surface area contributed by atoms with Gasteiger partial charge in [0.2, 0.25) is 0 Å². The summed E-state index contributed by atoms with van der Waals surface area (Å²) in [5, 5.41) is 11.8. The van der Waals surface area contributed by atoms with Gasteiger partial charge in [0.1, 0.15) is 0 Å². The van der Waals surface area contributed by atoms with E-state index < -0.39 is 0 Å². The molecule has 0 aliphatic carbocycles. The molecule has 1 aliphatic heterocycles. The van der Waals surface area contributed by atoms with Crippen LogP contribution in [-0.2, 0) is 0 Å². The van der Waals surface area contributed by atoms with Crippen LogP contribution in [0.3, 0.4) is 0 Å². The van der Waals surface area contributed by atoms with Crippen LogP contribution >= 0.6 is 11.3 Å². The van der Waals surface area contributed by atoms with Crippen LogP contribution in [0.4, 0.5) is 9.80 Å². The Balaban J connectivity index is 1.59. The molecule has 5 nitrogen and oxygen atoms in total. The number of piperazine rings is 1. The topological polar surface area (TPSA) is 56.4 Å². The minimum atomic E-state index is -0.123. The molecule has 0 atom stereocenters. The van der Waals surface area contributed by atoms with Crippen LogP contribution < -0.4 is 16.0 Å². The Hall–Kier alpha value is -1.11. The Bertz CT molecular complexity index is 335. The second kappa shape index (κ2) is 6.58. The van der Waals surface area contributed by atoms with E-state index in [1.54, 1.807) is 0 Å². The van der Waals surface area contributed by atoms with Gasteiger partial charge in [0.15, 0.2) is 0 Å². The van der Waals surface area contributed by atoms with E-state index in [1.165, 1.54) is 11.3 Å². The van der Waals surface area contributed by atoms with Crippen molar-refractivity contribution in [1.29, 1.82) is 0 Å². The summed E-state index contributed by atoms with van der Waals surface area (Å²) >= 11 is 1.52. The van der Waals surface area contributed by atoms with Crippen LogP contribution in [0.2, 0.25) is 0 Å². The predicted molar refractivity (Wildman–Crippen MR) is 70.7 cm³/mol. The first-order valence-electron chi connectivity index (χ1n) is 5.86. The minimum absolute atomic E-state index is 0.123. The van der Waals surface area contributed by atoms with Crippen molar-refractivity contribution in [3.05, 3.63) is 17.5 Å². The molecule has 6 heteroatoms. The van der Waals surface area contributed by atoms with Crippen LogP contribution in [0.25, 0.3) is 0 Å². The molecule has 17 heavy (non-hydrogen) atoms. The Morgan fingerprint density at radius 2 is 2.29 bits per heavy atom. The maximum atomic E-state index is 11.5. The fourth-order valence-corrected chi connectivity index (χ4v) is 2.38. The molecule has 1 aliphatic rings. The molecule has 2 rings (SSSR count). The highest BCUT2D eigenvalue weighted by molar-refractivity contribution is 7.14. The van der Waals surface area contributed by atoms with Crippen LogP contribution in [0.1, 0.15) is 0 Å². The van der Waals surface area contributed by atoms with E-state index in [4.69, 9.17) is 0 Å². The average Bonchev–Trinajstić information content (AvgIpc) is 2.83. The highest BCUT2D eigenvalue weighted by Crippen LogP contribution is 2.14. The monoisotopic (exact) mass is 254 g/mol. The third kappa shape index (κ3) is 4.33. The highest BCUT2D eigenvalue weighted by Gasteiger charge is 2.09. The van der Waals surface area contributed by atoms with Gasteiger partial charge in [0.25, 0.3) is 0 Å². The molecule has 0 aromatic carbocycles. The summed E-state index contributed by atoms with van der Waals surface area (Å²) in [5.41, 5.74) is 0. The maximum absolute atomic E-state index is 11.5. The Morgan fingerprint density at radius 1 is 1.47 bits per heavy atom. The number of hydrogen-bond acceptors (Lipinski definition) is 4. The number of carbonyl (C=O) groups is 1. The van der Waals surface area contributed by atoms with E-state index >= 15 is 0 Å². The van der Waals surface area contributed by atoms with E-state index in [-0.39, 0.29) is 6.03 Å². The first-order valence-corrected chi connectivity index (χ1v) is 6.74. The molecule has 1 fully saturated rings. The lowest BCUT2D eigenvalue weighted by atomic mass is 10.3. The van der Waals surface area contributed by atoms with E-state index in [9.17, 15) is 4.79 Å². The van der Waals surface area contributed by atoms with Gasteiger partial charge < -0.3 is 10.6 Å². The lowest BCUT2D eigenvalue weighted by molar-refractivity contribution is 0.233. The maximum Gasteiger partial charge on any atom is 0.319 e. The fourth-order valence-electron chi connectivity index (χ4n) is 1.77. The molecule has 0 spiro atoms. The van der Waals surface area contributed by atoms with Gasteiger partial charge in [-0.1, -0.05) is 0 Å². The summed E-state index contributed by atoms with van der Waals surface area (Å²) in [6.45, 7) is 5.82. The SMILES string of the molecule is O=C(NCCN1CCNCC1)Nc1cccs1. The molecule has 0 saturated carbocycles. The zero-order valence-electron chi connectivity index (χ0n) is 9.74. The molecule has 2 amide bonds. The van der Waals surface area contributed by atoms with Gasteiger partial charge >= 0.3 is 6.03 Å². The fraction of sp³-hybridized carbons (Fsp3) is 0.545. The number of rotatable bonds is 4. The first-order chi connectivity index (χ1) is 8.34. The number of nitrogens with one attached hydrogen (secondary N) is 3. The van der Waals surface area contributed by atoms with Crippen molar-refractivity contribution in [3.63, 3.8) is 0 Å². The molecule has 3 N–H and O–H groups in total. The molecular formula is C11H18N4OS. The van der Waals surface area contributed by atoms with Crippen LogP contribution in [0.5, 0.6) is 0 Å². The molecule has 1 aromatic heterocycles.